The Bertz CT molecular complexity index is 928. The fourth-order valence-electron chi connectivity index (χ4n) is 2.95. The third-order valence-corrected chi connectivity index (χ3v) is 4.32. The monoisotopic (exact) mass is 324 g/mol. The molecule has 2 N–H and O–H groups in total. The van der Waals surface area contributed by atoms with Crippen LogP contribution in [0.25, 0.3) is 16.6 Å². The van der Waals surface area contributed by atoms with Crippen molar-refractivity contribution in [2.24, 2.45) is 7.05 Å². The van der Waals surface area contributed by atoms with Gasteiger partial charge in [-0.3, -0.25) is 4.68 Å². The van der Waals surface area contributed by atoms with E-state index >= 15 is 0 Å². The molecule has 1 aliphatic rings. The number of rotatable bonds is 2. The maximum absolute atomic E-state index is 13.0. The third kappa shape index (κ3) is 2.47. The van der Waals surface area contributed by atoms with Crippen molar-refractivity contribution in [3.8, 4) is 0 Å². The summed E-state index contributed by atoms with van der Waals surface area (Å²) in [5.41, 5.74) is 9.02. The molecular weight excluding hydrogens is 307 g/mol. The summed E-state index contributed by atoms with van der Waals surface area (Å²) in [7, 11) is 1.83. The van der Waals surface area contributed by atoms with E-state index in [-0.39, 0.29) is 5.82 Å². The Hall–Kier alpha value is -2.96. The molecule has 2 aromatic heterocycles. The molecule has 0 atom stereocenters. The molecular formula is C17H17FN6. The number of nitrogen functional groups attached to an aromatic ring is 1. The summed E-state index contributed by atoms with van der Waals surface area (Å²) < 4.78 is 14.7. The minimum atomic E-state index is -0.217. The van der Waals surface area contributed by atoms with Gasteiger partial charge in [0.1, 0.15) is 11.6 Å². The number of nitrogens with zero attached hydrogens (tertiary/aromatic N) is 5. The Morgan fingerprint density at radius 1 is 1.17 bits per heavy atom. The molecule has 0 spiro atoms. The number of hydrogen-bond donors (Lipinski definition) is 1. The second-order valence-corrected chi connectivity index (χ2v) is 5.85. The zero-order chi connectivity index (χ0) is 16.7. The molecule has 3 heterocycles. The van der Waals surface area contributed by atoms with E-state index in [2.05, 4.69) is 26.0 Å². The molecule has 1 aromatic carbocycles. The van der Waals surface area contributed by atoms with E-state index < -0.39 is 0 Å². The molecule has 0 amide bonds. The summed E-state index contributed by atoms with van der Waals surface area (Å²) in [4.78, 5) is 11.1. The lowest BCUT2D eigenvalue weighted by molar-refractivity contribution is 0.627. The average molecular weight is 324 g/mol. The molecule has 0 radical (unpaired) electrons. The number of nitrogens with two attached hydrogens (primary N) is 1. The Balaban J connectivity index is 1.61. The van der Waals surface area contributed by atoms with E-state index in [0.29, 0.717) is 18.3 Å². The van der Waals surface area contributed by atoms with Gasteiger partial charge >= 0.3 is 0 Å². The highest BCUT2D eigenvalue weighted by atomic mass is 19.1. The molecule has 3 aromatic rings. The van der Waals surface area contributed by atoms with Gasteiger partial charge in [-0.1, -0.05) is 18.2 Å². The smallest absolute Gasteiger partial charge is 0.229 e. The maximum Gasteiger partial charge on any atom is 0.229 e. The molecule has 0 bridgehead atoms. The van der Waals surface area contributed by atoms with Gasteiger partial charge in [-0.2, -0.15) is 15.1 Å². The number of aryl methyl sites for hydroxylation is 1. The molecule has 0 fully saturated rings. The van der Waals surface area contributed by atoms with Crippen molar-refractivity contribution < 1.29 is 4.39 Å². The van der Waals surface area contributed by atoms with Crippen LogP contribution >= 0.6 is 0 Å². The van der Waals surface area contributed by atoms with Crippen molar-refractivity contribution in [3.05, 3.63) is 47.9 Å². The van der Waals surface area contributed by atoms with Crippen LogP contribution in [0.3, 0.4) is 0 Å². The van der Waals surface area contributed by atoms with Gasteiger partial charge in [0, 0.05) is 20.1 Å². The van der Waals surface area contributed by atoms with Gasteiger partial charge < -0.3 is 10.6 Å². The van der Waals surface area contributed by atoms with Crippen LogP contribution in [0.15, 0.2) is 36.5 Å². The van der Waals surface area contributed by atoms with Crippen LogP contribution in [0.2, 0.25) is 0 Å². The van der Waals surface area contributed by atoms with Crippen molar-refractivity contribution in [2.45, 2.75) is 6.42 Å². The molecule has 0 unspecified atom stereocenters. The standard InChI is InChI=1S/C17H17FN6/c1-23-16-14(10-20-23)15(19)21-17(22-16)24-8-6-12(7-9-24)11-2-4-13(18)5-3-11/h2-6,10H,7-9H2,1H3,(H2,19,21,22). The maximum atomic E-state index is 13.0. The van der Waals surface area contributed by atoms with E-state index in [1.807, 2.05) is 19.2 Å². The predicted octanol–water partition coefficient (Wildman–Crippen LogP) is 2.38. The van der Waals surface area contributed by atoms with Crippen molar-refractivity contribution in [1.82, 2.24) is 19.7 Å². The first-order chi connectivity index (χ1) is 11.6. The van der Waals surface area contributed by atoms with E-state index in [4.69, 9.17) is 5.73 Å². The zero-order valence-corrected chi connectivity index (χ0v) is 13.3. The van der Waals surface area contributed by atoms with Crippen molar-refractivity contribution >= 4 is 28.4 Å². The first kappa shape index (κ1) is 14.6. The van der Waals surface area contributed by atoms with Crippen LogP contribution in [-0.2, 0) is 7.05 Å². The molecule has 1 aliphatic heterocycles. The Morgan fingerprint density at radius 2 is 1.96 bits per heavy atom. The van der Waals surface area contributed by atoms with Gasteiger partial charge in [-0.25, -0.2) is 4.39 Å². The lowest BCUT2D eigenvalue weighted by Crippen LogP contribution is -2.30. The van der Waals surface area contributed by atoms with E-state index in [1.165, 1.54) is 17.7 Å². The largest absolute Gasteiger partial charge is 0.383 e. The quantitative estimate of drug-likeness (QED) is 0.783. The second-order valence-electron chi connectivity index (χ2n) is 5.85. The number of benzene rings is 1. The van der Waals surface area contributed by atoms with Crippen molar-refractivity contribution in [1.29, 1.82) is 0 Å². The molecule has 6 nitrogen and oxygen atoms in total. The summed E-state index contributed by atoms with van der Waals surface area (Å²) in [6.45, 7) is 1.47. The molecule has 0 aliphatic carbocycles. The number of anilines is 2. The third-order valence-electron chi connectivity index (χ3n) is 4.32. The van der Waals surface area contributed by atoms with Crippen LogP contribution in [-0.4, -0.2) is 32.8 Å². The minimum Gasteiger partial charge on any atom is -0.383 e. The first-order valence-electron chi connectivity index (χ1n) is 7.77. The lowest BCUT2D eigenvalue weighted by atomic mass is 10.00. The van der Waals surface area contributed by atoms with Gasteiger partial charge in [0.2, 0.25) is 5.95 Å². The first-order valence-corrected chi connectivity index (χ1v) is 7.77. The number of fused-ring (bicyclic) bond motifs is 1. The van der Waals surface area contributed by atoms with Crippen LogP contribution < -0.4 is 10.6 Å². The highest BCUT2D eigenvalue weighted by Gasteiger charge is 2.18. The average Bonchev–Trinajstić information content (AvgIpc) is 2.98. The molecule has 24 heavy (non-hydrogen) atoms. The van der Waals surface area contributed by atoms with Crippen LogP contribution in [0.4, 0.5) is 16.2 Å². The highest BCUT2D eigenvalue weighted by Crippen LogP contribution is 2.26. The Morgan fingerprint density at radius 3 is 2.67 bits per heavy atom. The van der Waals surface area contributed by atoms with Crippen molar-refractivity contribution in [2.75, 3.05) is 23.7 Å². The minimum absolute atomic E-state index is 0.217. The van der Waals surface area contributed by atoms with Gasteiger partial charge in [-0.05, 0) is 29.7 Å². The lowest BCUT2D eigenvalue weighted by Gasteiger charge is -2.26. The van der Waals surface area contributed by atoms with Crippen LogP contribution in [0, 0.1) is 5.82 Å². The normalized spacial score (nSPS) is 14.9. The van der Waals surface area contributed by atoms with Gasteiger partial charge in [-0.15, -0.1) is 0 Å². The van der Waals surface area contributed by atoms with Crippen LogP contribution in [0.5, 0.6) is 0 Å². The number of hydrogen-bond acceptors (Lipinski definition) is 5. The molecule has 0 saturated heterocycles. The van der Waals surface area contributed by atoms with Crippen molar-refractivity contribution in [3.63, 3.8) is 0 Å². The fourth-order valence-corrected chi connectivity index (χ4v) is 2.95. The summed E-state index contributed by atoms with van der Waals surface area (Å²) >= 11 is 0. The van der Waals surface area contributed by atoms with Gasteiger partial charge in [0.15, 0.2) is 5.65 Å². The Kier molecular flexibility index (Phi) is 3.41. The molecule has 122 valence electrons. The predicted molar refractivity (Wildman–Crippen MR) is 91.9 cm³/mol. The summed E-state index contributed by atoms with van der Waals surface area (Å²) in [5.74, 6) is 0.833. The van der Waals surface area contributed by atoms with E-state index in [1.54, 1.807) is 10.9 Å². The van der Waals surface area contributed by atoms with Crippen LogP contribution in [0.1, 0.15) is 12.0 Å². The number of halogens is 1. The van der Waals surface area contributed by atoms with Gasteiger partial charge in [0.05, 0.1) is 11.6 Å². The van der Waals surface area contributed by atoms with E-state index in [0.717, 1.165) is 29.6 Å². The molecule has 7 heteroatoms. The second kappa shape index (κ2) is 5.59. The fraction of sp³-hybridized carbons (Fsp3) is 0.235. The summed E-state index contributed by atoms with van der Waals surface area (Å²) in [5, 5.41) is 4.94. The topological polar surface area (TPSA) is 72.9 Å². The zero-order valence-electron chi connectivity index (χ0n) is 13.3. The Labute approximate surface area is 138 Å². The summed E-state index contributed by atoms with van der Waals surface area (Å²) in [6, 6.07) is 6.60. The SMILES string of the molecule is Cn1ncc2c(N)nc(N3CC=C(c4ccc(F)cc4)CC3)nc21. The van der Waals surface area contributed by atoms with Gasteiger partial charge in [0.25, 0.3) is 0 Å². The molecule has 4 rings (SSSR count). The molecule has 0 saturated carbocycles. The van der Waals surface area contributed by atoms with E-state index in [9.17, 15) is 4.39 Å². The highest BCUT2D eigenvalue weighted by molar-refractivity contribution is 5.86. The number of aromatic nitrogens is 4. The summed E-state index contributed by atoms with van der Waals surface area (Å²) in [6.07, 6.45) is 4.65.